The highest BCUT2D eigenvalue weighted by Gasteiger charge is 2.24. The zero-order valence-electron chi connectivity index (χ0n) is 13.5. The van der Waals surface area contributed by atoms with Gasteiger partial charge in [0.05, 0.1) is 10.6 Å². The molecule has 2 aromatic rings. The molecule has 0 radical (unpaired) electrons. The Labute approximate surface area is 144 Å². The van der Waals surface area contributed by atoms with Gasteiger partial charge in [0.15, 0.2) is 5.13 Å². The molecule has 4 nitrogen and oxygen atoms in total. The lowest BCUT2D eigenvalue weighted by molar-refractivity contribution is 0.103. The van der Waals surface area contributed by atoms with Crippen LogP contribution in [0.5, 0.6) is 0 Å². The molecule has 0 bridgehead atoms. The molecule has 2 heterocycles. The van der Waals surface area contributed by atoms with Gasteiger partial charge in [0.25, 0.3) is 5.91 Å². The normalized spacial score (nSPS) is 14.2. The first-order valence-electron chi connectivity index (χ1n) is 7.73. The van der Waals surface area contributed by atoms with E-state index in [0.717, 1.165) is 23.4 Å². The third kappa shape index (κ3) is 3.31. The summed E-state index contributed by atoms with van der Waals surface area (Å²) in [4.78, 5) is 19.6. The van der Waals surface area contributed by atoms with Crippen molar-refractivity contribution < 1.29 is 4.79 Å². The second kappa shape index (κ2) is 6.06. The molecule has 0 saturated heterocycles. The van der Waals surface area contributed by atoms with E-state index in [1.54, 1.807) is 11.3 Å². The zero-order chi connectivity index (χ0) is 16.6. The van der Waals surface area contributed by atoms with Crippen LogP contribution >= 0.6 is 22.7 Å². The van der Waals surface area contributed by atoms with Crippen molar-refractivity contribution in [2.24, 2.45) is 0 Å². The van der Waals surface area contributed by atoms with E-state index in [0.29, 0.717) is 10.0 Å². The van der Waals surface area contributed by atoms with E-state index >= 15 is 0 Å². The van der Waals surface area contributed by atoms with E-state index < -0.39 is 0 Å². The Morgan fingerprint density at radius 3 is 2.65 bits per heavy atom. The van der Waals surface area contributed by atoms with Gasteiger partial charge in [0.1, 0.15) is 10.9 Å². The van der Waals surface area contributed by atoms with Crippen LogP contribution in [0.1, 0.15) is 64.3 Å². The smallest absolute Gasteiger partial charge is 0.267 e. The molecule has 23 heavy (non-hydrogen) atoms. The first-order valence-corrected chi connectivity index (χ1v) is 9.36. The van der Waals surface area contributed by atoms with E-state index in [9.17, 15) is 10.1 Å². The van der Waals surface area contributed by atoms with Crippen LogP contribution in [0.4, 0.5) is 5.13 Å². The standard InChI is InChI=1S/C17H19N3OS2/c1-17(2,3)14-13(9-18)23-16(19-14)20-15(21)12-8-10-6-4-5-7-11(10)22-12/h8H,4-7H2,1-3H3,(H,19,20,21). The van der Waals surface area contributed by atoms with Crippen LogP contribution in [-0.4, -0.2) is 10.9 Å². The predicted molar refractivity (Wildman–Crippen MR) is 94.4 cm³/mol. The quantitative estimate of drug-likeness (QED) is 0.871. The SMILES string of the molecule is CC(C)(C)c1nc(NC(=O)c2cc3c(s2)CCCC3)sc1C#N. The first-order chi connectivity index (χ1) is 10.9. The molecule has 1 aliphatic carbocycles. The summed E-state index contributed by atoms with van der Waals surface area (Å²) in [7, 11) is 0. The van der Waals surface area contributed by atoms with Gasteiger partial charge in [0, 0.05) is 10.3 Å². The number of hydrogen-bond acceptors (Lipinski definition) is 5. The lowest BCUT2D eigenvalue weighted by Gasteiger charge is -2.15. The van der Waals surface area contributed by atoms with Crippen LogP contribution in [0.15, 0.2) is 6.07 Å². The minimum atomic E-state index is -0.216. The number of thiophene rings is 1. The average Bonchev–Trinajstić information content (AvgIpc) is 3.09. The fourth-order valence-corrected chi connectivity index (χ4v) is 4.84. The Morgan fingerprint density at radius 1 is 1.30 bits per heavy atom. The number of anilines is 1. The van der Waals surface area contributed by atoms with Crippen LogP contribution in [0.2, 0.25) is 0 Å². The summed E-state index contributed by atoms with van der Waals surface area (Å²) in [5.74, 6) is -0.122. The van der Waals surface area contributed by atoms with Gasteiger partial charge >= 0.3 is 0 Å². The second-order valence-electron chi connectivity index (χ2n) is 6.78. The number of aromatic nitrogens is 1. The summed E-state index contributed by atoms with van der Waals surface area (Å²) >= 11 is 2.83. The number of carbonyl (C=O) groups is 1. The average molecular weight is 345 g/mol. The monoisotopic (exact) mass is 345 g/mol. The third-order valence-corrected chi connectivity index (χ3v) is 5.99. The summed E-state index contributed by atoms with van der Waals surface area (Å²) in [6.07, 6.45) is 4.57. The fraction of sp³-hybridized carbons (Fsp3) is 0.471. The Balaban J connectivity index is 1.82. The number of aryl methyl sites for hydroxylation is 2. The Morgan fingerprint density at radius 2 is 2.04 bits per heavy atom. The van der Waals surface area contributed by atoms with E-state index in [2.05, 4.69) is 16.4 Å². The first kappa shape index (κ1) is 16.2. The van der Waals surface area contributed by atoms with Gasteiger partial charge < -0.3 is 0 Å². The molecule has 0 aliphatic heterocycles. The lowest BCUT2D eigenvalue weighted by Crippen LogP contribution is -2.14. The van der Waals surface area contributed by atoms with E-state index in [1.165, 1.54) is 34.6 Å². The molecule has 0 unspecified atom stereocenters. The van der Waals surface area contributed by atoms with Crippen LogP contribution < -0.4 is 5.32 Å². The molecule has 2 aromatic heterocycles. The van der Waals surface area contributed by atoms with Crippen LogP contribution in [0.3, 0.4) is 0 Å². The van der Waals surface area contributed by atoms with Gasteiger partial charge in [-0.15, -0.1) is 11.3 Å². The molecule has 1 amide bonds. The number of nitrogens with one attached hydrogen (secondary N) is 1. The number of fused-ring (bicyclic) bond motifs is 1. The van der Waals surface area contributed by atoms with Crippen molar-refractivity contribution in [1.29, 1.82) is 5.26 Å². The topological polar surface area (TPSA) is 65.8 Å². The summed E-state index contributed by atoms with van der Waals surface area (Å²) in [6.45, 7) is 6.05. The number of rotatable bonds is 2. The van der Waals surface area contributed by atoms with Crippen LogP contribution in [0, 0.1) is 11.3 Å². The van der Waals surface area contributed by atoms with Crippen molar-refractivity contribution in [2.45, 2.75) is 51.9 Å². The number of nitrogens with zero attached hydrogens (tertiary/aromatic N) is 2. The number of hydrogen-bond donors (Lipinski definition) is 1. The van der Waals surface area contributed by atoms with E-state index in [-0.39, 0.29) is 11.3 Å². The Hall–Kier alpha value is -1.71. The van der Waals surface area contributed by atoms with E-state index in [1.807, 2.05) is 26.8 Å². The molecule has 0 fully saturated rings. The van der Waals surface area contributed by atoms with Crippen molar-refractivity contribution in [3.8, 4) is 6.07 Å². The van der Waals surface area contributed by atoms with Crippen molar-refractivity contribution in [1.82, 2.24) is 4.98 Å². The number of nitriles is 1. The molecule has 3 rings (SSSR count). The maximum Gasteiger partial charge on any atom is 0.267 e. The molecular weight excluding hydrogens is 326 g/mol. The van der Waals surface area contributed by atoms with Crippen LogP contribution in [0.25, 0.3) is 0 Å². The molecule has 1 aliphatic rings. The summed E-state index contributed by atoms with van der Waals surface area (Å²) < 4.78 is 0. The third-order valence-electron chi connectivity index (χ3n) is 3.88. The van der Waals surface area contributed by atoms with Crippen molar-refractivity contribution in [3.63, 3.8) is 0 Å². The number of thiazole rings is 1. The van der Waals surface area contributed by atoms with Gasteiger partial charge in [-0.1, -0.05) is 32.1 Å². The minimum Gasteiger partial charge on any atom is -0.297 e. The molecule has 120 valence electrons. The molecule has 6 heteroatoms. The molecule has 0 atom stereocenters. The summed E-state index contributed by atoms with van der Waals surface area (Å²) in [6, 6.07) is 4.19. The molecule has 0 spiro atoms. The van der Waals surface area contributed by atoms with Crippen molar-refractivity contribution in [2.75, 3.05) is 5.32 Å². The highest BCUT2D eigenvalue weighted by Crippen LogP contribution is 2.33. The van der Waals surface area contributed by atoms with Gasteiger partial charge in [0.2, 0.25) is 0 Å². The minimum absolute atomic E-state index is 0.122. The number of carbonyl (C=O) groups excluding carboxylic acids is 1. The predicted octanol–water partition coefficient (Wildman–Crippen LogP) is 4.50. The summed E-state index contributed by atoms with van der Waals surface area (Å²) in [5.41, 5.74) is 1.84. The van der Waals surface area contributed by atoms with Gasteiger partial charge in [-0.2, -0.15) is 5.26 Å². The highest BCUT2D eigenvalue weighted by atomic mass is 32.1. The fourth-order valence-electron chi connectivity index (χ4n) is 2.72. The van der Waals surface area contributed by atoms with Crippen LogP contribution in [-0.2, 0) is 18.3 Å². The van der Waals surface area contributed by atoms with E-state index in [4.69, 9.17) is 0 Å². The van der Waals surface area contributed by atoms with Crippen molar-refractivity contribution in [3.05, 3.63) is 32.0 Å². The lowest BCUT2D eigenvalue weighted by atomic mass is 9.91. The largest absolute Gasteiger partial charge is 0.297 e. The Kier molecular flexibility index (Phi) is 4.26. The maximum absolute atomic E-state index is 12.5. The zero-order valence-corrected chi connectivity index (χ0v) is 15.2. The summed E-state index contributed by atoms with van der Waals surface area (Å²) in [5, 5.41) is 12.6. The maximum atomic E-state index is 12.5. The Bertz CT molecular complexity index is 766. The van der Waals surface area contributed by atoms with Gasteiger partial charge in [-0.25, -0.2) is 4.98 Å². The molecule has 1 N–H and O–H groups in total. The molecular formula is C17H19N3OS2. The number of amides is 1. The van der Waals surface area contributed by atoms with Gasteiger partial charge in [-0.3, -0.25) is 10.1 Å². The molecule has 0 aromatic carbocycles. The van der Waals surface area contributed by atoms with Gasteiger partial charge in [-0.05, 0) is 37.3 Å². The molecule has 0 saturated carbocycles. The highest BCUT2D eigenvalue weighted by molar-refractivity contribution is 7.17. The second-order valence-corrected chi connectivity index (χ2v) is 8.91. The van der Waals surface area contributed by atoms with Crippen molar-refractivity contribution >= 4 is 33.7 Å².